The number of hydrogen-bond acceptors (Lipinski definition) is 6. The normalized spacial score (nSPS) is 44.0. The van der Waals surface area contributed by atoms with E-state index in [0.29, 0.717) is 61.1 Å². The van der Waals surface area contributed by atoms with Gasteiger partial charge in [-0.3, -0.25) is 14.4 Å². The fourth-order valence-electron chi connectivity index (χ4n) is 11.0. The van der Waals surface area contributed by atoms with E-state index in [2.05, 4.69) is 41.5 Å². The van der Waals surface area contributed by atoms with Gasteiger partial charge in [0.2, 0.25) is 0 Å². The quantitative estimate of drug-likeness (QED) is 0.201. The number of rotatable bonds is 7. The van der Waals surface area contributed by atoms with Gasteiger partial charge in [-0.2, -0.15) is 0 Å². The van der Waals surface area contributed by atoms with Gasteiger partial charge in [0, 0.05) is 32.6 Å². The molecule has 6 nitrogen and oxygen atoms in total. The van der Waals surface area contributed by atoms with Crippen LogP contribution in [0.1, 0.15) is 113 Å². The van der Waals surface area contributed by atoms with Crippen LogP contribution in [0.3, 0.4) is 0 Å². The first kappa shape index (κ1) is 29.1. The SMILES string of the molecule is CC[C@@H](C(C)C)C1OC1[C@@H](C)[C@H]1CC[C@H]2[C@@H]3CC(=O)[C@H]4CCCC(OC(C)=O)(OC(C)=O)[C@]4(C)[C@H]3CC[C@]12C. The van der Waals surface area contributed by atoms with Gasteiger partial charge in [-0.1, -0.05) is 48.0 Å². The number of ketones is 1. The van der Waals surface area contributed by atoms with Crippen LogP contribution in [-0.2, 0) is 28.6 Å². The molecule has 2 unspecified atom stereocenters. The molecule has 0 spiro atoms. The smallest absolute Gasteiger partial charge is 0.305 e. The zero-order valence-corrected chi connectivity index (χ0v) is 25.6. The monoisotopic (exact) mass is 544 g/mol. The number of Topliss-reactive ketones (excluding diaryl/α,β-unsaturated/α-hetero) is 1. The molecule has 5 fully saturated rings. The summed E-state index contributed by atoms with van der Waals surface area (Å²) in [7, 11) is 0. The molecule has 0 bridgehead atoms. The number of hydrogen-bond donors (Lipinski definition) is 0. The lowest BCUT2D eigenvalue weighted by Gasteiger charge is -2.64. The van der Waals surface area contributed by atoms with Crippen LogP contribution < -0.4 is 0 Å². The maximum Gasteiger partial charge on any atom is 0.305 e. The molecule has 0 radical (unpaired) electrons. The highest BCUT2D eigenvalue weighted by Gasteiger charge is 2.71. The third kappa shape index (κ3) is 4.41. The molecule has 6 heteroatoms. The molecule has 0 amide bonds. The Kier molecular flexibility index (Phi) is 7.56. The number of carbonyl (C=O) groups is 3. The second-order valence-electron chi connectivity index (χ2n) is 14.7. The van der Waals surface area contributed by atoms with Gasteiger partial charge in [0.25, 0.3) is 5.79 Å². The molecule has 4 saturated carbocycles. The van der Waals surface area contributed by atoms with Gasteiger partial charge in [-0.05, 0) is 85.4 Å². The molecule has 220 valence electrons. The molecule has 1 aliphatic heterocycles. The highest BCUT2D eigenvalue weighted by Crippen LogP contribution is 2.70. The summed E-state index contributed by atoms with van der Waals surface area (Å²) in [6, 6.07) is 0. The lowest BCUT2D eigenvalue weighted by molar-refractivity contribution is -0.316. The first-order valence-corrected chi connectivity index (χ1v) is 15.9. The van der Waals surface area contributed by atoms with Gasteiger partial charge in [0.05, 0.1) is 17.6 Å². The van der Waals surface area contributed by atoms with Crippen molar-refractivity contribution >= 4 is 17.7 Å². The van der Waals surface area contributed by atoms with E-state index in [1.807, 2.05) is 0 Å². The maximum atomic E-state index is 13.9. The van der Waals surface area contributed by atoms with Crippen LogP contribution in [0.2, 0.25) is 0 Å². The Balaban J connectivity index is 1.44. The lowest BCUT2D eigenvalue weighted by atomic mass is 9.42. The highest BCUT2D eigenvalue weighted by atomic mass is 16.7. The van der Waals surface area contributed by atoms with E-state index in [4.69, 9.17) is 14.2 Å². The first-order chi connectivity index (χ1) is 18.3. The van der Waals surface area contributed by atoms with Crippen molar-refractivity contribution in [1.82, 2.24) is 0 Å². The van der Waals surface area contributed by atoms with Crippen LogP contribution in [0.25, 0.3) is 0 Å². The summed E-state index contributed by atoms with van der Waals surface area (Å²) < 4.78 is 18.4. The molecule has 39 heavy (non-hydrogen) atoms. The van der Waals surface area contributed by atoms with E-state index in [-0.39, 0.29) is 29.0 Å². The van der Waals surface area contributed by atoms with Gasteiger partial charge in [0.1, 0.15) is 5.78 Å². The Labute approximate surface area is 235 Å². The minimum absolute atomic E-state index is 0.167. The topological polar surface area (TPSA) is 82.2 Å². The largest absolute Gasteiger partial charge is 0.422 e. The summed E-state index contributed by atoms with van der Waals surface area (Å²) in [5.41, 5.74) is -0.537. The number of fused-ring (bicyclic) bond motifs is 5. The molecule has 0 aromatic heterocycles. The van der Waals surface area contributed by atoms with Gasteiger partial charge in [-0.25, -0.2) is 0 Å². The summed E-state index contributed by atoms with van der Waals surface area (Å²) >= 11 is 0. The molecule has 4 aliphatic carbocycles. The molecule has 11 atom stereocenters. The van der Waals surface area contributed by atoms with E-state index >= 15 is 0 Å². The molecular formula is C33H52O6. The summed E-state index contributed by atoms with van der Waals surface area (Å²) in [4.78, 5) is 38.7. The minimum Gasteiger partial charge on any atom is -0.422 e. The Bertz CT molecular complexity index is 973. The van der Waals surface area contributed by atoms with Crippen molar-refractivity contribution in [3.05, 3.63) is 0 Å². The van der Waals surface area contributed by atoms with Gasteiger partial charge < -0.3 is 14.2 Å². The van der Waals surface area contributed by atoms with E-state index in [1.165, 1.54) is 20.3 Å². The van der Waals surface area contributed by atoms with Gasteiger partial charge >= 0.3 is 11.9 Å². The Morgan fingerprint density at radius 1 is 0.949 bits per heavy atom. The van der Waals surface area contributed by atoms with E-state index in [0.717, 1.165) is 32.1 Å². The lowest BCUT2D eigenvalue weighted by Crippen LogP contribution is -2.67. The third-order valence-electron chi connectivity index (χ3n) is 12.7. The van der Waals surface area contributed by atoms with Crippen molar-refractivity contribution < 1.29 is 28.6 Å². The van der Waals surface area contributed by atoms with E-state index in [1.54, 1.807) is 0 Å². The fourth-order valence-corrected chi connectivity index (χ4v) is 11.0. The van der Waals surface area contributed by atoms with Crippen LogP contribution >= 0.6 is 0 Å². The first-order valence-electron chi connectivity index (χ1n) is 15.9. The van der Waals surface area contributed by atoms with Crippen molar-refractivity contribution in [1.29, 1.82) is 0 Å². The van der Waals surface area contributed by atoms with E-state index in [9.17, 15) is 14.4 Å². The molecular weight excluding hydrogens is 492 g/mol. The second kappa shape index (κ2) is 10.1. The molecule has 5 aliphatic rings. The van der Waals surface area contributed by atoms with Crippen molar-refractivity contribution in [3.8, 4) is 0 Å². The average molecular weight is 545 g/mol. The van der Waals surface area contributed by atoms with Crippen LogP contribution in [-0.4, -0.2) is 35.7 Å². The molecule has 0 aromatic carbocycles. The summed E-state index contributed by atoms with van der Waals surface area (Å²) in [5, 5.41) is 0. The van der Waals surface area contributed by atoms with Crippen molar-refractivity contribution in [2.75, 3.05) is 0 Å². The Hall–Kier alpha value is -1.43. The maximum absolute atomic E-state index is 13.9. The van der Waals surface area contributed by atoms with Crippen molar-refractivity contribution in [3.63, 3.8) is 0 Å². The van der Waals surface area contributed by atoms with E-state index < -0.39 is 23.1 Å². The Morgan fingerprint density at radius 3 is 2.21 bits per heavy atom. The predicted molar refractivity (Wildman–Crippen MR) is 148 cm³/mol. The number of carbonyl (C=O) groups excluding carboxylic acids is 3. The predicted octanol–water partition coefficient (Wildman–Crippen LogP) is 6.73. The molecule has 0 aromatic rings. The zero-order chi connectivity index (χ0) is 28.5. The van der Waals surface area contributed by atoms with Crippen LogP contribution in [0, 0.1) is 58.2 Å². The summed E-state index contributed by atoms with van der Waals surface area (Å²) in [6.45, 7) is 16.7. The summed E-state index contributed by atoms with van der Waals surface area (Å²) in [6.07, 6.45) is 8.85. The van der Waals surface area contributed by atoms with Gasteiger partial charge in [0.15, 0.2) is 0 Å². The summed E-state index contributed by atoms with van der Waals surface area (Å²) in [5.74, 6) is 0.966. The number of epoxide rings is 1. The van der Waals surface area contributed by atoms with Crippen LogP contribution in [0.4, 0.5) is 0 Å². The Morgan fingerprint density at radius 2 is 1.62 bits per heavy atom. The van der Waals surface area contributed by atoms with Crippen molar-refractivity contribution in [2.24, 2.45) is 58.2 Å². The average Bonchev–Trinajstić information content (AvgIpc) is 3.53. The molecule has 0 N–H and O–H groups in total. The van der Waals surface area contributed by atoms with Crippen LogP contribution in [0.15, 0.2) is 0 Å². The van der Waals surface area contributed by atoms with Crippen molar-refractivity contribution in [2.45, 2.75) is 131 Å². The molecule has 5 rings (SSSR count). The minimum atomic E-state index is -1.37. The number of ether oxygens (including phenoxy) is 3. The third-order valence-corrected chi connectivity index (χ3v) is 12.7. The highest BCUT2D eigenvalue weighted by molar-refractivity contribution is 5.84. The fraction of sp³-hybridized carbons (Fsp3) is 0.909. The second-order valence-corrected chi connectivity index (χ2v) is 14.7. The van der Waals surface area contributed by atoms with Gasteiger partial charge in [-0.15, -0.1) is 0 Å². The zero-order valence-electron chi connectivity index (χ0n) is 25.6. The number of esters is 2. The van der Waals surface area contributed by atoms with Crippen LogP contribution in [0.5, 0.6) is 0 Å². The standard InChI is InChI=1S/C33H52O6/c1-9-22(18(2)3)30-29(37-30)19(4)24-12-13-25-23-17-28(36)27-11-10-15-33(38-20(5)34,39-21(6)35)32(27,8)26(23)14-16-31(24,25)7/h18-19,22-27,29-30H,9-17H2,1-8H3/t19-,22-,23-,24+,25-,26-,27+,29?,30?,31+,32+/m0/s1. The molecule has 1 saturated heterocycles. The molecule has 1 heterocycles.